The highest BCUT2D eigenvalue weighted by Gasteiger charge is 2.23. The minimum Gasteiger partial charge on any atom is -0.0616 e. The van der Waals surface area contributed by atoms with Crippen LogP contribution in [0.15, 0.2) is 48.5 Å². The van der Waals surface area contributed by atoms with Crippen molar-refractivity contribution in [2.45, 2.75) is 46.0 Å². The van der Waals surface area contributed by atoms with E-state index in [4.69, 9.17) is 0 Å². The molecular weight excluding hydrogens is 252 g/mol. The summed E-state index contributed by atoms with van der Waals surface area (Å²) in [7, 11) is 0. The van der Waals surface area contributed by atoms with Gasteiger partial charge in [-0.3, -0.25) is 0 Å². The SMILES string of the molecule is CC(C)c1c2ccccc2c(C(C)(C)C)c2ccccc12. The Balaban J connectivity index is 2.64. The molecule has 3 aromatic rings. The first-order valence-electron chi connectivity index (χ1n) is 7.85. The molecule has 0 unspecified atom stereocenters. The quantitative estimate of drug-likeness (QED) is 0.450. The van der Waals surface area contributed by atoms with Gasteiger partial charge in [0.05, 0.1) is 0 Å². The third-order valence-corrected chi connectivity index (χ3v) is 4.30. The molecule has 0 N–H and O–H groups in total. The molecule has 0 saturated heterocycles. The Labute approximate surface area is 127 Å². The van der Waals surface area contributed by atoms with Gasteiger partial charge in [0.15, 0.2) is 0 Å². The summed E-state index contributed by atoms with van der Waals surface area (Å²) >= 11 is 0. The van der Waals surface area contributed by atoms with E-state index >= 15 is 0 Å². The lowest BCUT2D eigenvalue weighted by Crippen LogP contribution is -2.13. The van der Waals surface area contributed by atoms with Gasteiger partial charge >= 0.3 is 0 Å². The molecule has 0 heteroatoms. The largest absolute Gasteiger partial charge is 0.0616 e. The highest BCUT2D eigenvalue weighted by atomic mass is 14.3. The van der Waals surface area contributed by atoms with E-state index in [1.807, 2.05) is 0 Å². The van der Waals surface area contributed by atoms with Gasteiger partial charge in [0, 0.05) is 0 Å². The van der Waals surface area contributed by atoms with Gasteiger partial charge in [-0.2, -0.15) is 0 Å². The van der Waals surface area contributed by atoms with E-state index in [0.29, 0.717) is 5.92 Å². The second-order valence-corrected chi connectivity index (χ2v) is 7.28. The van der Waals surface area contributed by atoms with E-state index < -0.39 is 0 Å². The average molecular weight is 276 g/mol. The fourth-order valence-corrected chi connectivity index (χ4v) is 3.59. The zero-order valence-corrected chi connectivity index (χ0v) is 13.7. The van der Waals surface area contributed by atoms with E-state index in [-0.39, 0.29) is 5.41 Å². The fraction of sp³-hybridized carbons (Fsp3) is 0.333. The van der Waals surface area contributed by atoms with Crippen molar-refractivity contribution in [3.8, 4) is 0 Å². The van der Waals surface area contributed by atoms with Gasteiger partial charge in [0.1, 0.15) is 0 Å². The molecule has 0 aliphatic rings. The second kappa shape index (κ2) is 4.87. The van der Waals surface area contributed by atoms with Gasteiger partial charge in [-0.1, -0.05) is 83.1 Å². The summed E-state index contributed by atoms with van der Waals surface area (Å²) in [5, 5.41) is 5.65. The summed E-state index contributed by atoms with van der Waals surface area (Å²) < 4.78 is 0. The molecule has 0 bridgehead atoms. The van der Waals surface area contributed by atoms with Crippen LogP contribution in [0.5, 0.6) is 0 Å². The maximum absolute atomic E-state index is 2.32. The predicted molar refractivity (Wildman–Crippen MR) is 94.2 cm³/mol. The Kier molecular flexibility index (Phi) is 3.28. The molecule has 21 heavy (non-hydrogen) atoms. The van der Waals surface area contributed by atoms with Gasteiger partial charge in [0.2, 0.25) is 0 Å². The van der Waals surface area contributed by atoms with Crippen LogP contribution in [-0.2, 0) is 5.41 Å². The van der Waals surface area contributed by atoms with Crippen molar-refractivity contribution < 1.29 is 0 Å². The van der Waals surface area contributed by atoms with Crippen LogP contribution >= 0.6 is 0 Å². The molecule has 3 rings (SSSR count). The van der Waals surface area contributed by atoms with Crippen molar-refractivity contribution in [1.82, 2.24) is 0 Å². The van der Waals surface area contributed by atoms with E-state index in [9.17, 15) is 0 Å². The van der Waals surface area contributed by atoms with Crippen molar-refractivity contribution in [2.24, 2.45) is 0 Å². The van der Waals surface area contributed by atoms with E-state index in [0.717, 1.165) is 0 Å². The lowest BCUT2D eigenvalue weighted by atomic mass is 9.77. The van der Waals surface area contributed by atoms with Crippen molar-refractivity contribution in [3.05, 3.63) is 59.7 Å². The standard InChI is InChI=1S/C21H24/c1-14(2)19-15-10-6-8-12-17(15)20(21(3,4)5)18-13-9-7-11-16(18)19/h6-14H,1-5H3. The van der Waals surface area contributed by atoms with E-state index in [2.05, 4.69) is 83.1 Å². The Hall–Kier alpha value is -1.82. The first-order valence-corrected chi connectivity index (χ1v) is 7.85. The van der Waals surface area contributed by atoms with E-state index in [1.165, 1.54) is 32.7 Å². The summed E-state index contributed by atoms with van der Waals surface area (Å²) in [5.41, 5.74) is 3.08. The molecule has 0 heterocycles. The van der Waals surface area contributed by atoms with Gasteiger partial charge in [-0.15, -0.1) is 0 Å². The first kappa shape index (κ1) is 14.1. The molecule has 0 saturated carbocycles. The summed E-state index contributed by atoms with van der Waals surface area (Å²) in [4.78, 5) is 0. The smallest absolute Gasteiger partial charge is 0.0120 e. The van der Waals surface area contributed by atoms with Crippen molar-refractivity contribution in [1.29, 1.82) is 0 Å². The van der Waals surface area contributed by atoms with Gasteiger partial charge in [-0.25, -0.2) is 0 Å². The first-order chi connectivity index (χ1) is 9.91. The van der Waals surface area contributed by atoms with Gasteiger partial charge in [-0.05, 0) is 44.0 Å². The average Bonchev–Trinajstić information content (AvgIpc) is 2.42. The van der Waals surface area contributed by atoms with Gasteiger partial charge in [0.25, 0.3) is 0 Å². The van der Waals surface area contributed by atoms with Gasteiger partial charge < -0.3 is 0 Å². The van der Waals surface area contributed by atoms with Crippen LogP contribution in [0.4, 0.5) is 0 Å². The molecule has 0 aliphatic carbocycles. The summed E-state index contributed by atoms with van der Waals surface area (Å²) in [6, 6.07) is 17.8. The normalized spacial score (nSPS) is 12.5. The maximum Gasteiger partial charge on any atom is -0.0120 e. The van der Waals surface area contributed by atoms with Crippen LogP contribution < -0.4 is 0 Å². The Morgan fingerprint density at radius 3 is 1.38 bits per heavy atom. The predicted octanol–water partition coefficient (Wildman–Crippen LogP) is 6.41. The molecule has 0 fully saturated rings. The number of rotatable bonds is 1. The lowest BCUT2D eigenvalue weighted by molar-refractivity contribution is 0.601. The number of hydrogen-bond acceptors (Lipinski definition) is 0. The minimum absolute atomic E-state index is 0.134. The maximum atomic E-state index is 2.32. The topological polar surface area (TPSA) is 0 Å². The number of hydrogen-bond donors (Lipinski definition) is 0. The molecule has 108 valence electrons. The highest BCUT2D eigenvalue weighted by Crippen LogP contribution is 2.41. The monoisotopic (exact) mass is 276 g/mol. The summed E-state index contributed by atoms with van der Waals surface area (Å²) in [6.45, 7) is 11.5. The van der Waals surface area contributed by atoms with Crippen molar-refractivity contribution in [3.63, 3.8) is 0 Å². The zero-order chi connectivity index (χ0) is 15.2. The van der Waals surface area contributed by atoms with Crippen LogP contribution in [0.2, 0.25) is 0 Å². The third-order valence-electron chi connectivity index (χ3n) is 4.30. The molecule has 3 aromatic carbocycles. The van der Waals surface area contributed by atoms with Crippen molar-refractivity contribution >= 4 is 21.5 Å². The Morgan fingerprint density at radius 1 is 0.667 bits per heavy atom. The molecule has 0 amide bonds. The Bertz CT molecular complexity index is 744. The summed E-state index contributed by atoms with van der Waals surface area (Å²) in [5.74, 6) is 0.522. The molecule has 0 aromatic heterocycles. The minimum atomic E-state index is 0.134. The molecule has 0 spiro atoms. The van der Waals surface area contributed by atoms with Crippen LogP contribution in [0.25, 0.3) is 21.5 Å². The van der Waals surface area contributed by atoms with Crippen molar-refractivity contribution in [2.75, 3.05) is 0 Å². The van der Waals surface area contributed by atoms with E-state index in [1.54, 1.807) is 0 Å². The molecule has 0 nitrogen and oxygen atoms in total. The molecule has 0 radical (unpaired) electrons. The third kappa shape index (κ3) is 2.23. The van der Waals surface area contributed by atoms with Crippen LogP contribution in [0, 0.1) is 0 Å². The van der Waals surface area contributed by atoms with Crippen LogP contribution in [0.1, 0.15) is 51.7 Å². The van der Waals surface area contributed by atoms with Crippen LogP contribution in [0.3, 0.4) is 0 Å². The summed E-state index contributed by atoms with van der Waals surface area (Å²) in [6.07, 6.45) is 0. The molecule has 0 aliphatic heterocycles. The zero-order valence-electron chi connectivity index (χ0n) is 13.7. The lowest BCUT2D eigenvalue weighted by Gasteiger charge is -2.27. The second-order valence-electron chi connectivity index (χ2n) is 7.28. The molecular formula is C21H24. The Morgan fingerprint density at radius 2 is 1.05 bits per heavy atom. The van der Waals surface area contributed by atoms with Crippen LogP contribution in [-0.4, -0.2) is 0 Å². The fourth-order valence-electron chi connectivity index (χ4n) is 3.59. The number of fused-ring (bicyclic) bond motifs is 2. The highest BCUT2D eigenvalue weighted by molar-refractivity contribution is 6.06. The number of benzene rings is 3. The molecule has 0 atom stereocenters.